The number of benzene rings is 1. The zero-order valence-electron chi connectivity index (χ0n) is 10.6. The third-order valence-electron chi connectivity index (χ3n) is 3.70. The molecule has 1 N–H and O–H groups in total. The number of nitrogens with one attached hydrogen (secondary N) is 1. The van der Waals surface area contributed by atoms with Crippen molar-refractivity contribution in [3.63, 3.8) is 0 Å². The summed E-state index contributed by atoms with van der Waals surface area (Å²) in [5.74, 6) is 0.754. The lowest BCUT2D eigenvalue weighted by Crippen LogP contribution is -2.39. The zero-order valence-corrected chi connectivity index (χ0v) is 11.4. The van der Waals surface area contributed by atoms with Crippen LogP contribution in [0.25, 0.3) is 0 Å². The summed E-state index contributed by atoms with van der Waals surface area (Å²) in [5, 5.41) is 3.61. The van der Waals surface area contributed by atoms with Crippen LogP contribution in [0.3, 0.4) is 0 Å². The summed E-state index contributed by atoms with van der Waals surface area (Å²) < 4.78 is 0. The highest BCUT2D eigenvalue weighted by atomic mass is 32.1. The van der Waals surface area contributed by atoms with Crippen LogP contribution in [-0.2, 0) is 6.54 Å². The van der Waals surface area contributed by atoms with Crippen molar-refractivity contribution in [1.82, 2.24) is 10.3 Å². The molecule has 1 aromatic carbocycles. The number of hydrogen-bond donors (Lipinski definition) is 1. The normalized spacial score (nSPS) is 22.7. The van der Waals surface area contributed by atoms with E-state index in [-0.39, 0.29) is 0 Å². The van der Waals surface area contributed by atoms with Gasteiger partial charge in [0.2, 0.25) is 0 Å². The second-order valence-corrected chi connectivity index (χ2v) is 6.10. The largest absolute Gasteiger partial charge is 0.309 e. The van der Waals surface area contributed by atoms with Gasteiger partial charge in [-0.1, -0.05) is 29.8 Å². The molecule has 0 unspecified atom stereocenters. The molecule has 1 aromatic heterocycles. The molecular weight excluding hydrogens is 240 g/mol. The minimum Gasteiger partial charge on any atom is -0.309 e. The maximum Gasteiger partial charge on any atom is 0.0794 e. The molecule has 3 heteroatoms. The predicted octanol–water partition coefficient (Wildman–Crippen LogP) is 3.49. The van der Waals surface area contributed by atoms with E-state index in [0.717, 1.165) is 12.5 Å². The number of rotatable bonds is 4. The van der Waals surface area contributed by atoms with Crippen LogP contribution < -0.4 is 5.32 Å². The Morgan fingerprint density at radius 3 is 3.00 bits per heavy atom. The highest BCUT2D eigenvalue weighted by molar-refractivity contribution is 7.09. The first-order valence-electron chi connectivity index (χ1n) is 6.48. The number of hydrogen-bond acceptors (Lipinski definition) is 3. The van der Waals surface area contributed by atoms with Crippen molar-refractivity contribution in [3.8, 4) is 0 Å². The highest BCUT2D eigenvalue weighted by Crippen LogP contribution is 2.37. The Morgan fingerprint density at radius 2 is 2.28 bits per heavy atom. The molecule has 1 heterocycles. The summed E-state index contributed by atoms with van der Waals surface area (Å²) in [6, 6.07) is 9.60. The van der Waals surface area contributed by atoms with Gasteiger partial charge in [0.1, 0.15) is 0 Å². The highest BCUT2D eigenvalue weighted by Gasteiger charge is 2.29. The lowest BCUT2D eigenvalue weighted by molar-refractivity contribution is 0.290. The summed E-state index contributed by atoms with van der Waals surface area (Å²) in [5.41, 5.74) is 4.77. The third kappa shape index (κ3) is 2.62. The van der Waals surface area contributed by atoms with Gasteiger partial charge in [-0.25, -0.2) is 0 Å². The Hall–Kier alpha value is -1.19. The van der Waals surface area contributed by atoms with Crippen molar-refractivity contribution in [3.05, 3.63) is 52.0 Å². The fourth-order valence-corrected chi connectivity index (χ4v) is 3.10. The molecule has 18 heavy (non-hydrogen) atoms. The van der Waals surface area contributed by atoms with E-state index >= 15 is 0 Å². The molecule has 1 saturated carbocycles. The second kappa shape index (κ2) is 5.21. The first kappa shape index (κ1) is 11.9. The SMILES string of the molecule is Cc1cccc(C2CC(NCc3cncs3)C2)c1. The van der Waals surface area contributed by atoms with Gasteiger partial charge < -0.3 is 5.32 Å². The number of nitrogens with zero attached hydrogens (tertiary/aromatic N) is 1. The zero-order chi connectivity index (χ0) is 12.4. The summed E-state index contributed by atoms with van der Waals surface area (Å²) in [7, 11) is 0. The second-order valence-electron chi connectivity index (χ2n) is 5.13. The van der Waals surface area contributed by atoms with Crippen LogP contribution in [0, 0.1) is 6.92 Å². The molecule has 1 fully saturated rings. The molecule has 1 aliphatic carbocycles. The molecule has 3 rings (SSSR count). The maximum atomic E-state index is 4.09. The lowest BCUT2D eigenvalue weighted by Gasteiger charge is -2.36. The Balaban J connectivity index is 1.48. The Morgan fingerprint density at radius 1 is 1.39 bits per heavy atom. The van der Waals surface area contributed by atoms with Crippen LogP contribution in [-0.4, -0.2) is 11.0 Å². The van der Waals surface area contributed by atoms with E-state index in [2.05, 4.69) is 41.5 Å². The number of aromatic nitrogens is 1. The average molecular weight is 258 g/mol. The van der Waals surface area contributed by atoms with Crippen molar-refractivity contribution in [2.45, 2.75) is 38.3 Å². The predicted molar refractivity (Wildman–Crippen MR) is 75.9 cm³/mol. The summed E-state index contributed by atoms with van der Waals surface area (Å²) in [4.78, 5) is 5.42. The third-order valence-corrected chi connectivity index (χ3v) is 4.48. The Bertz CT molecular complexity index is 501. The molecule has 0 amide bonds. The maximum absolute atomic E-state index is 4.09. The minimum absolute atomic E-state index is 0.678. The molecule has 94 valence electrons. The first-order chi connectivity index (χ1) is 8.81. The van der Waals surface area contributed by atoms with Crippen LogP contribution in [0.1, 0.15) is 34.8 Å². The molecule has 0 atom stereocenters. The molecular formula is C15H18N2S. The summed E-state index contributed by atoms with van der Waals surface area (Å²) in [6.07, 6.45) is 4.49. The van der Waals surface area contributed by atoms with E-state index in [9.17, 15) is 0 Å². The molecule has 0 saturated heterocycles. The topological polar surface area (TPSA) is 24.9 Å². The van der Waals surface area contributed by atoms with Gasteiger partial charge in [-0.05, 0) is 31.2 Å². The lowest BCUT2D eigenvalue weighted by atomic mass is 9.75. The van der Waals surface area contributed by atoms with Gasteiger partial charge in [0.05, 0.1) is 5.51 Å². The van der Waals surface area contributed by atoms with Gasteiger partial charge in [0, 0.05) is 23.7 Å². The molecule has 0 radical (unpaired) electrons. The van der Waals surface area contributed by atoms with Gasteiger partial charge in [-0.2, -0.15) is 0 Å². The minimum atomic E-state index is 0.678. The monoisotopic (exact) mass is 258 g/mol. The number of thiazole rings is 1. The van der Waals surface area contributed by atoms with Gasteiger partial charge >= 0.3 is 0 Å². The smallest absolute Gasteiger partial charge is 0.0794 e. The van der Waals surface area contributed by atoms with Crippen LogP contribution in [0.15, 0.2) is 36.0 Å². The van der Waals surface area contributed by atoms with Crippen LogP contribution in [0.4, 0.5) is 0 Å². The van der Waals surface area contributed by atoms with E-state index in [1.165, 1.54) is 28.8 Å². The fraction of sp³-hybridized carbons (Fsp3) is 0.400. The molecule has 0 spiro atoms. The first-order valence-corrected chi connectivity index (χ1v) is 7.36. The molecule has 0 bridgehead atoms. The van der Waals surface area contributed by atoms with Crippen molar-refractivity contribution >= 4 is 11.3 Å². The van der Waals surface area contributed by atoms with Crippen molar-refractivity contribution in [2.75, 3.05) is 0 Å². The van der Waals surface area contributed by atoms with Crippen molar-refractivity contribution in [2.24, 2.45) is 0 Å². The Labute approximate surface area is 112 Å². The van der Waals surface area contributed by atoms with E-state index < -0.39 is 0 Å². The van der Waals surface area contributed by atoms with Gasteiger partial charge in [-0.3, -0.25) is 4.98 Å². The molecule has 2 aromatic rings. The molecule has 1 aliphatic rings. The van der Waals surface area contributed by atoms with Crippen molar-refractivity contribution < 1.29 is 0 Å². The summed E-state index contributed by atoms with van der Waals surface area (Å²) >= 11 is 1.73. The quantitative estimate of drug-likeness (QED) is 0.908. The van der Waals surface area contributed by atoms with E-state index in [1.807, 2.05) is 11.7 Å². The van der Waals surface area contributed by atoms with E-state index in [0.29, 0.717) is 6.04 Å². The van der Waals surface area contributed by atoms with Crippen LogP contribution in [0.2, 0.25) is 0 Å². The van der Waals surface area contributed by atoms with Gasteiger partial charge in [0.25, 0.3) is 0 Å². The molecule has 2 nitrogen and oxygen atoms in total. The Kier molecular flexibility index (Phi) is 3.43. The van der Waals surface area contributed by atoms with Crippen LogP contribution in [0.5, 0.6) is 0 Å². The standard InChI is InChI=1S/C15H18N2S/c1-11-3-2-4-12(5-11)13-6-14(7-13)17-9-15-8-16-10-18-15/h2-5,8,10,13-14,17H,6-7,9H2,1H3. The molecule has 0 aliphatic heterocycles. The van der Waals surface area contributed by atoms with Gasteiger partial charge in [0.15, 0.2) is 0 Å². The summed E-state index contributed by atoms with van der Waals surface area (Å²) in [6.45, 7) is 3.14. The van der Waals surface area contributed by atoms with E-state index in [1.54, 1.807) is 11.3 Å². The van der Waals surface area contributed by atoms with Crippen LogP contribution >= 0.6 is 11.3 Å². The number of aryl methyl sites for hydroxylation is 1. The van der Waals surface area contributed by atoms with Crippen molar-refractivity contribution in [1.29, 1.82) is 0 Å². The fourth-order valence-electron chi connectivity index (χ4n) is 2.56. The van der Waals surface area contributed by atoms with E-state index in [4.69, 9.17) is 0 Å². The average Bonchev–Trinajstić information content (AvgIpc) is 2.80. The van der Waals surface area contributed by atoms with Gasteiger partial charge in [-0.15, -0.1) is 11.3 Å².